The topological polar surface area (TPSA) is 56.1 Å². The van der Waals surface area contributed by atoms with Crippen molar-refractivity contribution in [2.45, 2.75) is 38.6 Å². The monoisotopic (exact) mass is 393 g/mol. The number of ether oxygens (including phenoxy) is 1. The summed E-state index contributed by atoms with van der Waals surface area (Å²) >= 11 is 1.78. The molecular weight excluding hydrogens is 370 g/mol. The molecule has 0 radical (unpaired) electrons. The molecule has 0 fully saturated rings. The van der Waals surface area contributed by atoms with Crippen molar-refractivity contribution in [1.29, 1.82) is 0 Å². The summed E-state index contributed by atoms with van der Waals surface area (Å²) in [5, 5.41) is 3.99. The highest BCUT2D eigenvalue weighted by atomic mass is 32.2. The molecule has 2 heterocycles. The quantitative estimate of drug-likeness (QED) is 0.684. The fraction of sp³-hybridized carbons (Fsp3) is 0.273. The number of nitrogens with zero attached hydrogens (tertiary/aromatic N) is 2. The molecule has 0 saturated carbocycles. The van der Waals surface area contributed by atoms with Gasteiger partial charge in [-0.25, -0.2) is 4.98 Å². The molecule has 1 aliphatic rings. The largest absolute Gasteiger partial charge is 0.481 e. The Morgan fingerprint density at radius 1 is 1.21 bits per heavy atom. The minimum absolute atomic E-state index is 0.175. The molecule has 1 aromatic heterocycles. The van der Waals surface area contributed by atoms with Gasteiger partial charge in [-0.2, -0.15) is 0 Å². The summed E-state index contributed by atoms with van der Waals surface area (Å²) in [6.07, 6.45) is 1.50. The highest BCUT2D eigenvalue weighted by molar-refractivity contribution is 7.99. The molecule has 6 heteroatoms. The van der Waals surface area contributed by atoms with Crippen LogP contribution in [0, 0.1) is 13.8 Å². The van der Waals surface area contributed by atoms with Gasteiger partial charge in [-0.15, -0.1) is 0 Å². The molecule has 4 rings (SSSR count). The van der Waals surface area contributed by atoms with Crippen LogP contribution in [0.15, 0.2) is 53.8 Å². The van der Waals surface area contributed by atoms with Crippen molar-refractivity contribution in [2.75, 3.05) is 11.1 Å². The van der Waals surface area contributed by atoms with Crippen molar-refractivity contribution in [3.63, 3.8) is 0 Å². The first kappa shape index (κ1) is 18.6. The lowest BCUT2D eigenvalue weighted by atomic mass is 10.1. The molecule has 1 atom stereocenters. The first-order valence-corrected chi connectivity index (χ1v) is 10.3. The number of carbonyl (C=O) groups is 1. The Balaban J connectivity index is 1.40. The minimum atomic E-state index is -0.590. The summed E-state index contributed by atoms with van der Waals surface area (Å²) in [6.45, 7) is 6.80. The van der Waals surface area contributed by atoms with Crippen molar-refractivity contribution in [1.82, 2.24) is 9.55 Å². The molecule has 1 amide bonds. The predicted octanol–water partition coefficient (Wildman–Crippen LogP) is 4.68. The number of imidazole rings is 1. The maximum absolute atomic E-state index is 12.5. The van der Waals surface area contributed by atoms with E-state index in [1.807, 2.05) is 56.3 Å². The number of carbonyl (C=O) groups excluding carboxylic acids is 1. The zero-order chi connectivity index (χ0) is 19.7. The molecule has 1 unspecified atom stereocenters. The van der Waals surface area contributed by atoms with E-state index < -0.39 is 6.10 Å². The van der Waals surface area contributed by atoms with Crippen LogP contribution < -0.4 is 10.1 Å². The van der Waals surface area contributed by atoms with Crippen LogP contribution in [-0.4, -0.2) is 27.3 Å². The fourth-order valence-electron chi connectivity index (χ4n) is 3.11. The number of aryl methyl sites for hydroxylation is 2. The van der Waals surface area contributed by atoms with Gasteiger partial charge in [0.15, 0.2) is 11.3 Å². The second-order valence-electron chi connectivity index (χ2n) is 6.98. The maximum atomic E-state index is 12.5. The number of fused-ring (bicyclic) bond motifs is 1. The molecule has 1 N–H and O–H groups in total. The van der Waals surface area contributed by atoms with E-state index >= 15 is 0 Å². The maximum Gasteiger partial charge on any atom is 0.265 e. The first-order valence-electron chi connectivity index (χ1n) is 9.35. The normalized spacial score (nSPS) is 13.8. The lowest BCUT2D eigenvalue weighted by Crippen LogP contribution is -2.30. The van der Waals surface area contributed by atoms with Gasteiger partial charge < -0.3 is 14.6 Å². The van der Waals surface area contributed by atoms with Gasteiger partial charge >= 0.3 is 0 Å². The van der Waals surface area contributed by atoms with Gasteiger partial charge in [0.05, 0.1) is 5.69 Å². The van der Waals surface area contributed by atoms with E-state index in [0.29, 0.717) is 0 Å². The molecule has 28 heavy (non-hydrogen) atoms. The zero-order valence-electron chi connectivity index (χ0n) is 16.2. The molecule has 0 aliphatic carbocycles. The van der Waals surface area contributed by atoms with Gasteiger partial charge in [-0.05, 0) is 50.1 Å². The van der Waals surface area contributed by atoms with E-state index in [2.05, 4.69) is 21.1 Å². The Kier molecular flexibility index (Phi) is 5.13. The van der Waals surface area contributed by atoms with Crippen LogP contribution in [0.5, 0.6) is 5.75 Å². The van der Waals surface area contributed by atoms with Crippen LogP contribution in [-0.2, 0) is 11.3 Å². The van der Waals surface area contributed by atoms with Gasteiger partial charge in [0.2, 0.25) is 0 Å². The number of nitrogens with one attached hydrogen (secondary N) is 1. The lowest BCUT2D eigenvalue weighted by molar-refractivity contribution is -0.122. The Labute approximate surface area is 169 Å². The summed E-state index contributed by atoms with van der Waals surface area (Å²) in [4.78, 5) is 17.2. The van der Waals surface area contributed by atoms with Crippen LogP contribution in [0.1, 0.15) is 18.1 Å². The number of thioether (sulfide) groups is 1. The minimum Gasteiger partial charge on any atom is -0.481 e. The van der Waals surface area contributed by atoms with Crippen molar-refractivity contribution in [3.8, 4) is 17.0 Å². The molecule has 0 saturated heterocycles. The number of hydrogen-bond acceptors (Lipinski definition) is 4. The molecule has 5 nitrogen and oxygen atoms in total. The van der Waals surface area contributed by atoms with Crippen LogP contribution >= 0.6 is 11.8 Å². The first-order chi connectivity index (χ1) is 13.5. The Bertz CT molecular complexity index is 990. The van der Waals surface area contributed by atoms with Crippen LogP contribution in [0.25, 0.3) is 11.3 Å². The lowest BCUT2D eigenvalue weighted by Gasteiger charge is -2.17. The Morgan fingerprint density at radius 2 is 2.00 bits per heavy atom. The summed E-state index contributed by atoms with van der Waals surface area (Å²) in [6, 6.07) is 13.6. The van der Waals surface area contributed by atoms with Gasteiger partial charge in [0.25, 0.3) is 5.91 Å². The number of benzene rings is 2. The zero-order valence-corrected chi connectivity index (χ0v) is 17.0. The van der Waals surface area contributed by atoms with Crippen LogP contribution in [0.2, 0.25) is 0 Å². The summed E-state index contributed by atoms with van der Waals surface area (Å²) in [7, 11) is 0. The smallest absolute Gasteiger partial charge is 0.265 e. The Morgan fingerprint density at radius 3 is 2.75 bits per heavy atom. The SMILES string of the molecule is Cc1cccc(OC(C)C(=O)Nc2ccc(-c3cn4c(n3)SCC4)cc2)c1C. The summed E-state index contributed by atoms with van der Waals surface area (Å²) in [5.41, 5.74) is 4.94. The molecule has 0 bridgehead atoms. The standard InChI is InChI=1S/C22H23N3O2S/c1-14-5-4-6-20(15(14)2)27-16(3)21(26)23-18-9-7-17(8-10-18)19-13-25-11-12-28-22(25)24-19/h4-10,13,16H,11-12H2,1-3H3,(H,23,26). The van der Waals surface area contributed by atoms with Crippen LogP contribution in [0.4, 0.5) is 5.69 Å². The highest BCUT2D eigenvalue weighted by Gasteiger charge is 2.17. The van der Waals surface area contributed by atoms with E-state index in [-0.39, 0.29) is 5.91 Å². The number of rotatable bonds is 5. The molecule has 1 aliphatic heterocycles. The van der Waals surface area contributed by atoms with Crippen molar-refractivity contribution in [3.05, 3.63) is 59.8 Å². The van der Waals surface area contributed by atoms with Crippen molar-refractivity contribution >= 4 is 23.4 Å². The average molecular weight is 394 g/mol. The van der Waals surface area contributed by atoms with Crippen LogP contribution in [0.3, 0.4) is 0 Å². The van der Waals surface area contributed by atoms with Crippen molar-refractivity contribution < 1.29 is 9.53 Å². The highest BCUT2D eigenvalue weighted by Crippen LogP contribution is 2.29. The van der Waals surface area contributed by atoms with Gasteiger partial charge in [-0.3, -0.25) is 4.79 Å². The molecule has 0 spiro atoms. The van der Waals surface area contributed by atoms with E-state index in [0.717, 1.165) is 51.3 Å². The molecule has 144 valence electrons. The van der Waals surface area contributed by atoms with E-state index in [1.165, 1.54) is 0 Å². The van der Waals surface area contributed by atoms with Crippen molar-refractivity contribution in [2.24, 2.45) is 0 Å². The Hall–Kier alpha value is -2.73. The predicted molar refractivity (Wildman–Crippen MR) is 113 cm³/mol. The third kappa shape index (κ3) is 3.78. The number of anilines is 1. The second kappa shape index (κ2) is 7.72. The number of hydrogen-bond donors (Lipinski definition) is 1. The fourth-order valence-corrected chi connectivity index (χ4v) is 4.06. The summed E-state index contributed by atoms with van der Waals surface area (Å²) < 4.78 is 8.04. The molecule has 2 aromatic carbocycles. The summed E-state index contributed by atoms with van der Waals surface area (Å²) in [5.74, 6) is 1.66. The van der Waals surface area contributed by atoms with Gasteiger partial charge in [-0.1, -0.05) is 36.0 Å². The second-order valence-corrected chi connectivity index (χ2v) is 8.04. The molecular formula is C22H23N3O2S. The third-order valence-corrected chi connectivity index (χ3v) is 5.95. The van der Waals surface area contributed by atoms with Gasteiger partial charge in [0.1, 0.15) is 5.75 Å². The number of amides is 1. The van der Waals surface area contributed by atoms with E-state index in [4.69, 9.17) is 4.74 Å². The third-order valence-electron chi connectivity index (χ3n) is 4.98. The van der Waals surface area contributed by atoms with E-state index in [9.17, 15) is 4.79 Å². The molecule has 3 aromatic rings. The average Bonchev–Trinajstić information content (AvgIpc) is 3.28. The van der Waals surface area contributed by atoms with E-state index in [1.54, 1.807) is 18.7 Å². The van der Waals surface area contributed by atoms with Gasteiger partial charge in [0, 0.05) is 29.7 Å². The number of aromatic nitrogens is 2.